The minimum Gasteiger partial charge on any atom is -0.379 e. The lowest BCUT2D eigenvalue weighted by Gasteiger charge is -2.11. The first-order chi connectivity index (χ1) is 8.33. The maximum atomic E-state index is 5.59. The average molecular weight is 246 g/mol. The van der Waals surface area contributed by atoms with Gasteiger partial charge < -0.3 is 18.9 Å². The average Bonchev–Trinajstić information content (AvgIpc) is 3.11. The SMILES string of the molecule is CCCCOCCOCCOC(C)CC1CO1. The molecule has 2 atom stereocenters. The lowest BCUT2D eigenvalue weighted by molar-refractivity contribution is -0.00999. The van der Waals surface area contributed by atoms with Crippen LogP contribution in [-0.4, -0.2) is 51.8 Å². The van der Waals surface area contributed by atoms with Gasteiger partial charge >= 0.3 is 0 Å². The predicted octanol–water partition coefficient (Wildman–Crippen LogP) is 2.01. The Bertz CT molecular complexity index is 171. The fourth-order valence-electron chi connectivity index (χ4n) is 1.52. The number of ether oxygens (including phenoxy) is 4. The van der Waals surface area contributed by atoms with E-state index >= 15 is 0 Å². The maximum absolute atomic E-state index is 5.59. The van der Waals surface area contributed by atoms with Crippen molar-refractivity contribution in [1.29, 1.82) is 0 Å². The van der Waals surface area contributed by atoms with Gasteiger partial charge in [-0.25, -0.2) is 0 Å². The van der Waals surface area contributed by atoms with E-state index in [0.717, 1.165) is 26.1 Å². The Labute approximate surface area is 105 Å². The monoisotopic (exact) mass is 246 g/mol. The first-order valence-electron chi connectivity index (χ1n) is 6.71. The summed E-state index contributed by atoms with van der Waals surface area (Å²) in [6, 6.07) is 0. The zero-order valence-electron chi connectivity index (χ0n) is 11.2. The van der Waals surface area contributed by atoms with Crippen molar-refractivity contribution in [2.75, 3.05) is 39.6 Å². The third-order valence-electron chi connectivity index (χ3n) is 2.64. The molecule has 1 aliphatic heterocycles. The summed E-state index contributed by atoms with van der Waals surface area (Å²) < 4.78 is 21.5. The second-order valence-electron chi connectivity index (χ2n) is 4.45. The molecule has 1 rings (SSSR count). The second-order valence-corrected chi connectivity index (χ2v) is 4.45. The minimum atomic E-state index is 0.270. The van der Waals surface area contributed by atoms with Crippen molar-refractivity contribution in [2.45, 2.75) is 45.3 Å². The van der Waals surface area contributed by atoms with Gasteiger partial charge in [0.05, 0.1) is 45.2 Å². The van der Waals surface area contributed by atoms with Gasteiger partial charge in [0.15, 0.2) is 0 Å². The molecule has 0 aromatic rings. The summed E-state index contributed by atoms with van der Waals surface area (Å²) in [5.74, 6) is 0. The molecular formula is C13H26O4. The Morgan fingerprint density at radius 3 is 2.41 bits per heavy atom. The zero-order valence-corrected chi connectivity index (χ0v) is 11.2. The topological polar surface area (TPSA) is 40.2 Å². The molecule has 17 heavy (non-hydrogen) atoms. The van der Waals surface area contributed by atoms with Crippen LogP contribution in [0.4, 0.5) is 0 Å². The minimum absolute atomic E-state index is 0.270. The fraction of sp³-hybridized carbons (Fsp3) is 1.00. The van der Waals surface area contributed by atoms with E-state index in [4.69, 9.17) is 18.9 Å². The molecule has 102 valence electrons. The molecule has 1 aliphatic rings. The molecule has 2 unspecified atom stereocenters. The van der Waals surface area contributed by atoms with Crippen molar-refractivity contribution >= 4 is 0 Å². The summed E-state index contributed by atoms with van der Waals surface area (Å²) in [5, 5.41) is 0. The predicted molar refractivity (Wildman–Crippen MR) is 66.3 cm³/mol. The molecule has 1 fully saturated rings. The summed E-state index contributed by atoms with van der Waals surface area (Å²) in [6.45, 7) is 8.63. The highest BCUT2D eigenvalue weighted by Gasteiger charge is 2.24. The first kappa shape index (κ1) is 14.9. The van der Waals surface area contributed by atoms with Crippen LogP contribution in [0.3, 0.4) is 0 Å². The van der Waals surface area contributed by atoms with Gasteiger partial charge in [-0.15, -0.1) is 0 Å². The lowest BCUT2D eigenvalue weighted by atomic mass is 10.2. The Hall–Kier alpha value is -0.160. The molecule has 0 N–H and O–H groups in total. The van der Waals surface area contributed by atoms with Crippen LogP contribution < -0.4 is 0 Å². The standard InChI is InChI=1S/C13H26O4/c1-3-4-5-14-6-7-15-8-9-16-12(2)10-13-11-17-13/h12-13H,3-11H2,1-2H3. The van der Waals surface area contributed by atoms with Gasteiger partial charge in [-0.1, -0.05) is 13.3 Å². The van der Waals surface area contributed by atoms with E-state index in [1.54, 1.807) is 0 Å². The third kappa shape index (κ3) is 9.53. The van der Waals surface area contributed by atoms with Crippen LogP contribution in [0, 0.1) is 0 Å². The molecule has 0 radical (unpaired) electrons. The van der Waals surface area contributed by atoms with Crippen molar-refractivity contribution in [3.05, 3.63) is 0 Å². The van der Waals surface area contributed by atoms with E-state index in [0.29, 0.717) is 32.5 Å². The Morgan fingerprint density at radius 2 is 1.76 bits per heavy atom. The van der Waals surface area contributed by atoms with Gasteiger partial charge in [0.1, 0.15) is 0 Å². The molecular weight excluding hydrogens is 220 g/mol. The summed E-state index contributed by atoms with van der Waals surface area (Å²) in [5.41, 5.74) is 0. The molecule has 1 saturated heterocycles. The summed E-state index contributed by atoms with van der Waals surface area (Å²) in [4.78, 5) is 0. The summed E-state index contributed by atoms with van der Waals surface area (Å²) in [7, 11) is 0. The van der Waals surface area contributed by atoms with E-state index in [1.165, 1.54) is 6.42 Å². The van der Waals surface area contributed by atoms with Crippen molar-refractivity contribution in [1.82, 2.24) is 0 Å². The normalized spacial score (nSPS) is 20.5. The van der Waals surface area contributed by atoms with Gasteiger partial charge in [-0.05, 0) is 13.3 Å². The highest BCUT2D eigenvalue weighted by Crippen LogP contribution is 2.16. The molecule has 4 nitrogen and oxygen atoms in total. The van der Waals surface area contributed by atoms with E-state index in [1.807, 2.05) is 0 Å². The highest BCUT2D eigenvalue weighted by molar-refractivity contribution is 4.71. The van der Waals surface area contributed by atoms with Crippen molar-refractivity contribution < 1.29 is 18.9 Å². The van der Waals surface area contributed by atoms with Crippen LogP contribution >= 0.6 is 0 Å². The number of hydrogen-bond donors (Lipinski definition) is 0. The zero-order chi connectivity index (χ0) is 12.3. The van der Waals surface area contributed by atoms with Gasteiger partial charge in [-0.3, -0.25) is 0 Å². The number of hydrogen-bond acceptors (Lipinski definition) is 4. The van der Waals surface area contributed by atoms with Gasteiger partial charge in [0.25, 0.3) is 0 Å². The molecule has 0 aromatic heterocycles. The third-order valence-corrected chi connectivity index (χ3v) is 2.64. The fourth-order valence-corrected chi connectivity index (χ4v) is 1.52. The molecule has 0 bridgehead atoms. The van der Waals surface area contributed by atoms with Gasteiger partial charge in [0, 0.05) is 13.0 Å². The van der Waals surface area contributed by atoms with Crippen LogP contribution in [0.1, 0.15) is 33.1 Å². The molecule has 0 aromatic carbocycles. The lowest BCUT2D eigenvalue weighted by Crippen LogP contribution is -2.16. The summed E-state index contributed by atoms with van der Waals surface area (Å²) >= 11 is 0. The molecule has 0 saturated carbocycles. The molecule has 0 aliphatic carbocycles. The first-order valence-corrected chi connectivity index (χ1v) is 6.71. The van der Waals surface area contributed by atoms with Crippen molar-refractivity contribution in [2.24, 2.45) is 0 Å². The Balaban J connectivity index is 1.71. The molecule has 0 spiro atoms. The number of unbranched alkanes of at least 4 members (excludes halogenated alkanes) is 1. The molecule has 0 amide bonds. The van der Waals surface area contributed by atoms with Crippen LogP contribution in [0.2, 0.25) is 0 Å². The largest absolute Gasteiger partial charge is 0.379 e. The molecule has 1 heterocycles. The van der Waals surface area contributed by atoms with Crippen molar-refractivity contribution in [3.8, 4) is 0 Å². The van der Waals surface area contributed by atoms with Gasteiger partial charge in [0.2, 0.25) is 0 Å². The van der Waals surface area contributed by atoms with E-state index in [2.05, 4.69) is 13.8 Å². The van der Waals surface area contributed by atoms with Crippen LogP contribution in [0.5, 0.6) is 0 Å². The van der Waals surface area contributed by atoms with E-state index in [9.17, 15) is 0 Å². The molecule has 4 heteroatoms. The van der Waals surface area contributed by atoms with Crippen LogP contribution in [0.25, 0.3) is 0 Å². The van der Waals surface area contributed by atoms with E-state index < -0.39 is 0 Å². The Kier molecular flexibility index (Phi) is 8.61. The van der Waals surface area contributed by atoms with Gasteiger partial charge in [-0.2, -0.15) is 0 Å². The van der Waals surface area contributed by atoms with Crippen LogP contribution in [-0.2, 0) is 18.9 Å². The Morgan fingerprint density at radius 1 is 1.12 bits per heavy atom. The van der Waals surface area contributed by atoms with Crippen molar-refractivity contribution in [3.63, 3.8) is 0 Å². The smallest absolute Gasteiger partial charge is 0.0834 e. The van der Waals surface area contributed by atoms with E-state index in [-0.39, 0.29) is 6.10 Å². The second kappa shape index (κ2) is 9.83. The quantitative estimate of drug-likeness (QED) is 0.390. The highest BCUT2D eigenvalue weighted by atomic mass is 16.6. The maximum Gasteiger partial charge on any atom is 0.0834 e. The summed E-state index contributed by atoms with van der Waals surface area (Å²) in [6.07, 6.45) is 4.02. The van der Waals surface area contributed by atoms with Crippen LogP contribution in [0.15, 0.2) is 0 Å². The number of rotatable bonds is 12. The number of epoxide rings is 1.